The Hall–Kier alpha value is -0.895. The van der Waals surface area contributed by atoms with Gasteiger partial charge in [-0.05, 0) is 12.7 Å². The molecule has 0 saturated carbocycles. The van der Waals surface area contributed by atoms with E-state index < -0.39 is 60.3 Å². The molecule has 0 aromatic rings. The molecule has 1 saturated heterocycles. The van der Waals surface area contributed by atoms with Crippen LogP contribution in [0.4, 0.5) is 8.78 Å². The molecule has 0 bridgehead atoms. The van der Waals surface area contributed by atoms with Crippen molar-refractivity contribution in [1.82, 2.24) is 8.61 Å². The molecule has 0 aliphatic carbocycles. The predicted octanol–water partition coefficient (Wildman–Crippen LogP) is -2.28. The minimum absolute atomic E-state index is 0.0118. The number of carboxylic acids is 1. The Morgan fingerprint density at radius 3 is 2.50 bits per heavy atom. The van der Waals surface area contributed by atoms with Crippen LogP contribution in [0.2, 0.25) is 6.32 Å². The lowest BCUT2D eigenvalue weighted by atomic mass is 9.78. The first kappa shape index (κ1) is 23.1. The zero-order chi connectivity index (χ0) is 20.3. The maximum Gasteiger partial charge on any atom is 0.451 e. The topological polar surface area (TPSA) is 170 Å². The van der Waals surface area contributed by atoms with Crippen molar-refractivity contribution in [1.29, 1.82) is 0 Å². The van der Waals surface area contributed by atoms with E-state index in [1.165, 1.54) is 0 Å². The highest BCUT2D eigenvalue weighted by Crippen LogP contribution is 2.32. The van der Waals surface area contributed by atoms with E-state index >= 15 is 0 Å². The molecule has 1 aliphatic heterocycles. The number of rotatable bonds is 10. The minimum atomic E-state index is -4.23. The molecule has 0 amide bonds. The fourth-order valence-corrected chi connectivity index (χ4v) is 4.38. The van der Waals surface area contributed by atoms with Gasteiger partial charge in [0.1, 0.15) is 5.54 Å². The highest BCUT2D eigenvalue weighted by atomic mass is 32.2. The lowest BCUT2D eigenvalue weighted by molar-refractivity contribution is -0.144. The summed E-state index contributed by atoms with van der Waals surface area (Å²) in [4.78, 5) is 11.6. The van der Waals surface area contributed by atoms with Crippen LogP contribution < -0.4 is 11.5 Å². The van der Waals surface area contributed by atoms with Crippen molar-refractivity contribution in [3.05, 3.63) is 0 Å². The first-order valence-corrected chi connectivity index (χ1v) is 9.35. The van der Waals surface area contributed by atoms with E-state index in [9.17, 15) is 27.1 Å². The Kier molecular flexibility index (Phi) is 7.89. The van der Waals surface area contributed by atoms with Gasteiger partial charge < -0.3 is 26.6 Å². The van der Waals surface area contributed by atoms with E-state index in [0.29, 0.717) is 4.31 Å². The third kappa shape index (κ3) is 5.31. The third-order valence-corrected chi connectivity index (χ3v) is 6.38. The van der Waals surface area contributed by atoms with Crippen LogP contribution in [0.5, 0.6) is 0 Å². The van der Waals surface area contributed by atoms with E-state index in [1.807, 2.05) is 0 Å². The molecule has 3 atom stereocenters. The first-order valence-electron chi connectivity index (χ1n) is 7.96. The molecule has 1 heterocycles. The Bertz CT molecular complexity index is 598. The van der Waals surface area contributed by atoms with Gasteiger partial charge in [-0.2, -0.15) is 17.0 Å². The molecule has 0 unspecified atom stereocenters. The highest BCUT2D eigenvalue weighted by molar-refractivity contribution is 7.86. The van der Waals surface area contributed by atoms with Gasteiger partial charge in [-0.3, -0.25) is 4.79 Å². The number of halogens is 2. The molecule has 1 aliphatic rings. The summed E-state index contributed by atoms with van der Waals surface area (Å²) >= 11 is 0. The molecule has 7 N–H and O–H groups in total. The maximum atomic E-state index is 12.6. The molecule has 14 heteroatoms. The molecule has 1 rings (SSSR count). The average molecular weight is 402 g/mol. The van der Waals surface area contributed by atoms with Crippen LogP contribution in [0.15, 0.2) is 0 Å². The summed E-state index contributed by atoms with van der Waals surface area (Å²) in [6.07, 6.45) is -2.53. The van der Waals surface area contributed by atoms with Crippen molar-refractivity contribution < 1.29 is 37.1 Å². The predicted molar refractivity (Wildman–Crippen MR) is 89.4 cm³/mol. The molecule has 152 valence electrons. The summed E-state index contributed by atoms with van der Waals surface area (Å²) in [6.45, 7) is -1.38. The molecule has 0 aromatic heterocycles. The van der Waals surface area contributed by atoms with Gasteiger partial charge in [0.25, 0.3) is 16.6 Å². The van der Waals surface area contributed by atoms with Crippen LogP contribution in [0.3, 0.4) is 0 Å². The van der Waals surface area contributed by atoms with Crippen molar-refractivity contribution in [3.8, 4) is 0 Å². The van der Waals surface area contributed by atoms with Gasteiger partial charge in [0.05, 0.1) is 6.04 Å². The van der Waals surface area contributed by atoms with Crippen LogP contribution in [-0.2, 0) is 15.0 Å². The second kappa shape index (κ2) is 8.86. The summed E-state index contributed by atoms with van der Waals surface area (Å²) in [7, 11) is -4.72. The summed E-state index contributed by atoms with van der Waals surface area (Å²) in [6, 6.07) is -1.68. The van der Waals surface area contributed by atoms with Crippen molar-refractivity contribution >= 4 is 23.3 Å². The fourth-order valence-electron chi connectivity index (χ4n) is 2.88. The van der Waals surface area contributed by atoms with Gasteiger partial charge >= 0.3 is 13.1 Å². The van der Waals surface area contributed by atoms with Crippen molar-refractivity contribution in [3.63, 3.8) is 0 Å². The molecule has 26 heavy (non-hydrogen) atoms. The lowest BCUT2D eigenvalue weighted by Crippen LogP contribution is -2.55. The van der Waals surface area contributed by atoms with Crippen molar-refractivity contribution in [2.24, 2.45) is 17.4 Å². The standard InChI is InChI=1S/C12H25BF2N4O6S/c1-18(6-9(16)10(14)15)26(24,25)19-5-8(3-2-4-13(22)23)12(17,7-19)11(20)21/h8-10,22-23H,2-7,16-17H2,1H3,(H,20,21)/t8-,9+,12-/m1/s1. The van der Waals surface area contributed by atoms with E-state index in [-0.39, 0.29) is 25.7 Å². The third-order valence-electron chi connectivity index (χ3n) is 4.52. The normalized spacial score (nSPS) is 25.8. The van der Waals surface area contributed by atoms with Crippen LogP contribution in [0.25, 0.3) is 0 Å². The number of nitrogens with zero attached hydrogens (tertiary/aromatic N) is 2. The number of alkyl halides is 2. The largest absolute Gasteiger partial charge is 0.480 e. The van der Waals surface area contributed by atoms with Crippen LogP contribution in [0, 0.1) is 5.92 Å². The van der Waals surface area contributed by atoms with Gasteiger partial charge in [-0.25, -0.2) is 8.78 Å². The van der Waals surface area contributed by atoms with Crippen LogP contribution >= 0.6 is 0 Å². The molecular formula is C12H25BF2N4O6S. The first-order chi connectivity index (χ1) is 11.8. The van der Waals surface area contributed by atoms with Gasteiger partial charge in [-0.15, -0.1) is 0 Å². The Morgan fingerprint density at radius 1 is 1.46 bits per heavy atom. The summed E-state index contributed by atoms with van der Waals surface area (Å²) in [5.41, 5.74) is 9.24. The van der Waals surface area contributed by atoms with Crippen molar-refractivity contribution in [2.75, 3.05) is 26.7 Å². The summed E-state index contributed by atoms with van der Waals surface area (Å²) < 4.78 is 51.7. The fraction of sp³-hybridized carbons (Fsp3) is 0.917. The quantitative estimate of drug-likeness (QED) is 0.255. The number of aliphatic carboxylic acids is 1. The van der Waals surface area contributed by atoms with Gasteiger partial charge in [0.15, 0.2) is 0 Å². The SMILES string of the molecule is CN(C[C@H](N)C(F)F)S(=O)(=O)N1C[C@@H](CCCB(O)O)[C@@](N)(C(=O)O)C1. The molecule has 1 fully saturated rings. The van der Waals surface area contributed by atoms with Crippen molar-refractivity contribution in [2.45, 2.75) is 37.2 Å². The Morgan fingerprint density at radius 2 is 2.04 bits per heavy atom. The zero-order valence-electron chi connectivity index (χ0n) is 14.3. The summed E-state index contributed by atoms with van der Waals surface area (Å²) in [5, 5.41) is 27.2. The number of likely N-dealkylation sites (N-methyl/N-ethyl adjacent to an activating group) is 1. The monoisotopic (exact) mass is 402 g/mol. The maximum absolute atomic E-state index is 12.6. The van der Waals surface area contributed by atoms with Crippen LogP contribution in [-0.4, -0.2) is 90.0 Å². The second-order valence-corrected chi connectivity index (χ2v) is 8.57. The smallest absolute Gasteiger partial charge is 0.451 e. The molecule has 0 aromatic carbocycles. The number of nitrogens with two attached hydrogens (primary N) is 2. The second-order valence-electron chi connectivity index (χ2n) is 6.53. The molecule has 0 spiro atoms. The van der Waals surface area contributed by atoms with Gasteiger partial charge in [-0.1, -0.05) is 6.42 Å². The van der Waals surface area contributed by atoms with E-state index in [1.54, 1.807) is 0 Å². The minimum Gasteiger partial charge on any atom is -0.480 e. The molecule has 10 nitrogen and oxygen atoms in total. The number of hydrogen-bond donors (Lipinski definition) is 5. The highest BCUT2D eigenvalue weighted by Gasteiger charge is 2.53. The Labute approximate surface area is 151 Å². The lowest BCUT2D eigenvalue weighted by Gasteiger charge is -2.27. The summed E-state index contributed by atoms with van der Waals surface area (Å²) in [5.74, 6) is -2.16. The zero-order valence-corrected chi connectivity index (χ0v) is 15.1. The van der Waals surface area contributed by atoms with Crippen LogP contribution in [0.1, 0.15) is 12.8 Å². The number of carboxylic acid groups (broad SMARTS) is 1. The van der Waals surface area contributed by atoms with E-state index in [4.69, 9.17) is 21.5 Å². The molecular weight excluding hydrogens is 377 g/mol. The number of carbonyl (C=O) groups is 1. The van der Waals surface area contributed by atoms with Gasteiger partial charge in [0.2, 0.25) is 0 Å². The Balaban J connectivity index is 2.91. The number of hydrogen-bond acceptors (Lipinski definition) is 7. The van der Waals surface area contributed by atoms with E-state index in [2.05, 4.69) is 0 Å². The van der Waals surface area contributed by atoms with E-state index in [0.717, 1.165) is 11.4 Å². The average Bonchev–Trinajstić information content (AvgIpc) is 2.86. The molecule has 0 radical (unpaired) electrons. The van der Waals surface area contributed by atoms with Gasteiger partial charge in [0, 0.05) is 32.6 Å².